The van der Waals surface area contributed by atoms with E-state index in [1.54, 1.807) is 0 Å². The quantitative estimate of drug-likeness (QED) is 0.631. The van der Waals surface area contributed by atoms with Crippen molar-refractivity contribution in [2.24, 2.45) is 0 Å². The smallest absolute Gasteiger partial charge is 0.0308 e. The lowest BCUT2D eigenvalue weighted by Crippen LogP contribution is -1.75. The van der Waals surface area contributed by atoms with Crippen LogP contribution in [0.5, 0.6) is 0 Å². The van der Waals surface area contributed by atoms with Gasteiger partial charge in [-0.2, -0.15) is 0 Å². The minimum Gasteiger partial charge on any atom is -0.136 e. The molecule has 0 saturated carbocycles. The van der Waals surface area contributed by atoms with Crippen molar-refractivity contribution in [1.29, 1.82) is 0 Å². The zero-order valence-corrected chi connectivity index (χ0v) is 9.82. The first-order chi connectivity index (χ1) is 6.70. The number of hydrogen-bond acceptors (Lipinski definition) is 1. The van der Waals surface area contributed by atoms with E-state index in [0.29, 0.717) is 0 Å². The molecule has 1 aromatic heterocycles. The summed E-state index contributed by atoms with van der Waals surface area (Å²) in [5.74, 6) is 0. The molecule has 1 heterocycles. The Bertz CT molecular complexity index is 378. The van der Waals surface area contributed by atoms with Crippen LogP contribution < -0.4 is 0 Å². The topological polar surface area (TPSA) is 0 Å². The zero-order valence-electron chi connectivity index (χ0n) is 9.00. The molecule has 0 aromatic carbocycles. The fourth-order valence-corrected chi connectivity index (χ4v) is 2.47. The summed E-state index contributed by atoms with van der Waals surface area (Å²) in [7, 11) is 0. The molecule has 1 heteroatoms. The first-order valence-corrected chi connectivity index (χ1v) is 5.54. The summed E-state index contributed by atoms with van der Waals surface area (Å²) in [6, 6.07) is 0. The lowest BCUT2D eigenvalue weighted by molar-refractivity contribution is 1.38. The maximum Gasteiger partial charge on any atom is 0.0308 e. The molecule has 0 aliphatic rings. The predicted octanol–water partition coefficient (Wildman–Crippen LogP) is 4.60. The van der Waals surface area contributed by atoms with Gasteiger partial charge in [0, 0.05) is 9.75 Å². The van der Waals surface area contributed by atoms with Crippen LogP contribution >= 0.6 is 11.3 Å². The lowest BCUT2D eigenvalue weighted by Gasteiger charge is -1.91. The zero-order chi connectivity index (χ0) is 10.6. The van der Waals surface area contributed by atoms with Crippen molar-refractivity contribution in [3.8, 4) is 0 Å². The Morgan fingerprint density at radius 1 is 1.07 bits per heavy atom. The maximum absolute atomic E-state index is 3.67. The van der Waals surface area contributed by atoms with Gasteiger partial charge >= 0.3 is 0 Å². The molecule has 0 saturated heterocycles. The summed E-state index contributed by atoms with van der Waals surface area (Å²) in [6.07, 6.45) is 10.2. The molecule has 0 radical (unpaired) electrons. The monoisotopic (exact) mass is 204 g/mol. The van der Waals surface area contributed by atoms with Gasteiger partial charge in [0.1, 0.15) is 0 Å². The highest BCUT2D eigenvalue weighted by Crippen LogP contribution is 2.29. The highest BCUT2D eigenvalue weighted by Gasteiger charge is 2.06. The fraction of sp³-hybridized carbons (Fsp3) is 0.231. The van der Waals surface area contributed by atoms with Crippen LogP contribution in [0.4, 0.5) is 0 Å². The van der Waals surface area contributed by atoms with Crippen LogP contribution in [0.3, 0.4) is 0 Å². The van der Waals surface area contributed by atoms with E-state index in [-0.39, 0.29) is 0 Å². The Morgan fingerprint density at radius 2 is 1.64 bits per heavy atom. The van der Waals surface area contributed by atoms with Crippen molar-refractivity contribution in [3.63, 3.8) is 0 Å². The molecule has 1 rings (SSSR count). The predicted molar refractivity (Wildman–Crippen MR) is 67.7 cm³/mol. The second-order valence-electron chi connectivity index (χ2n) is 3.18. The third kappa shape index (κ3) is 2.24. The van der Waals surface area contributed by atoms with E-state index in [1.807, 2.05) is 30.4 Å². The van der Waals surface area contributed by atoms with E-state index >= 15 is 0 Å². The normalized spacial score (nSPS) is 11.6. The van der Waals surface area contributed by atoms with Crippen LogP contribution in [0.1, 0.15) is 27.8 Å². The second-order valence-corrected chi connectivity index (χ2v) is 4.26. The highest BCUT2D eigenvalue weighted by molar-refractivity contribution is 7.14. The lowest BCUT2D eigenvalue weighted by atomic mass is 10.1. The van der Waals surface area contributed by atoms with E-state index in [9.17, 15) is 0 Å². The average molecular weight is 204 g/mol. The maximum atomic E-state index is 3.67. The molecular weight excluding hydrogens is 188 g/mol. The van der Waals surface area contributed by atoms with Crippen molar-refractivity contribution in [2.45, 2.75) is 20.8 Å². The molecule has 0 aliphatic heterocycles. The van der Waals surface area contributed by atoms with Crippen molar-refractivity contribution >= 4 is 23.5 Å². The largest absolute Gasteiger partial charge is 0.136 e. The molecule has 1 aromatic rings. The van der Waals surface area contributed by atoms with Gasteiger partial charge in [-0.3, -0.25) is 0 Å². The summed E-state index contributed by atoms with van der Waals surface area (Å²) in [6.45, 7) is 10.1. The standard InChI is InChI=1S/C13H16S/c1-5-7-9-13-11(4)10(3)12(14-13)8-6-2/h5-9H,1H2,2-4H3. The van der Waals surface area contributed by atoms with E-state index in [4.69, 9.17) is 0 Å². The number of rotatable bonds is 3. The van der Waals surface area contributed by atoms with Gasteiger partial charge in [0.15, 0.2) is 0 Å². The Labute approximate surface area is 90.3 Å². The SMILES string of the molecule is C=CC=Cc1sc(C=CC)c(C)c1C. The van der Waals surface area contributed by atoms with Crippen molar-refractivity contribution in [2.75, 3.05) is 0 Å². The van der Waals surface area contributed by atoms with Gasteiger partial charge in [-0.05, 0) is 44.1 Å². The molecule has 0 aliphatic carbocycles. The van der Waals surface area contributed by atoms with Gasteiger partial charge in [-0.25, -0.2) is 0 Å². The van der Waals surface area contributed by atoms with Gasteiger partial charge in [0.25, 0.3) is 0 Å². The average Bonchev–Trinajstić information content (AvgIpc) is 2.44. The van der Waals surface area contributed by atoms with Gasteiger partial charge in [-0.15, -0.1) is 11.3 Å². The highest BCUT2D eigenvalue weighted by atomic mass is 32.1. The van der Waals surface area contributed by atoms with Crippen LogP contribution in [-0.4, -0.2) is 0 Å². The van der Waals surface area contributed by atoms with E-state index < -0.39 is 0 Å². The number of allylic oxidation sites excluding steroid dienone is 3. The van der Waals surface area contributed by atoms with Gasteiger partial charge in [0.05, 0.1) is 0 Å². The van der Waals surface area contributed by atoms with Crippen LogP contribution in [0.25, 0.3) is 12.2 Å². The molecule has 0 spiro atoms. The summed E-state index contributed by atoms with van der Waals surface area (Å²) in [5, 5.41) is 0. The molecule has 0 fully saturated rings. The number of hydrogen-bond donors (Lipinski definition) is 0. The summed E-state index contributed by atoms with van der Waals surface area (Å²) < 4.78 is 0. The first-order valence-electron chi connectivity index (χ1n) is 4.72. The van der Waals surface area contributed by atoms with Gasteiger partial charge in [0.2, 0.25) is 0 Å². The van der Waals surface area contributed by atoms with E-state index in [2.05, 4.69) is 38.7 Å². The van der Waals surface area contributed by atoms with Gasteiger partial charge < -0.3 is 0 Å². The molecule has 0 unspecified atom stereocenters. The molecule has 0 N–H and O–H groups in total. The fourth-order valence-electron chi connectivity index (χ4n) is 1.27. The minimum atomic E-state index is 1.33. The Balaban J connectivity index is 3.14. The molecule has 0 bridgehead atoms. The molecule has 74 valence electrons. The molecule has 14 heavy (non-hydrogen) atoms. The van der Waals surface area contributed by atoms with Crippen molar-refractivity contribution in [1.82, 2.24) is 0 Å². The van der Waals surface area contributed by atoms with Crippen LogP contribution in [0.2, 0.25) is 0 Å². The van der Waals surface area contributed by atoms with Crippen molar-refractivity contribution in [3.05, 3.63) is 45.7 Å². The van der Waals surface area contributed by atoms with E-state index in [1.165, 1.54) is 20.9 Å². The Hall–Kier alpha value is -1.08. The second kappa shape index (κ2) is 4.97. The minimum absolute atomic E-state index is 1.33. The van der Waals surface area contributed by atoms with Crippen molar-refractivity contribution < 1.29 is 0 Å². The van der Waals surface area contributed by atoms with Gasteiger partial charge in [-0.1, -0.05) is 24.8 Å². The number of thiophene rings is 1. The van der Waals surface area contributed by atoms with Crippen LogP contribution in [0.15, 0.2) is 24.8 Å². The first kappa shape index (κ1) is 11.0. The Kier molecular flexibility index (Phi) is 3.90. The third-order valence-corrected chi connectivity index (χ3v) is 3.55. The van der Waals surface area contributed by atoms with E-state index in [0.717, 1.165) is 0 Å². The third-order valence-electron chi connectivity index (χ3n) is 2.22. The molecule has 0 atom stereocenters. The van der Waals surface area contributed by atoms with Crippen LogP contribution in [0, 0.1) is 13.8 Å². The Morgan fingerprint density at radius 3 is 2.14 bits per heavy atom. The summed E-state index contributed by atoms with van der Waals surface area (Å²) >= 11 is 1.83. The summed E-state index contributed by atoms with van der Waals surface area (Å²) in [4.78, 5) is 2.68. The van der Waals surface area contributed by atoms with Crippen LogP contribution in [-0.2, 0) is 0 Å². The molecule has 0 nitrogen and oxygen atoms in total. The molecule has 0 amide bonds. The summed E-state index contributed by atoms with van der Waals surface area (Å²) in [5.41, 5.74) is 2.76. The molecular formula is C13H16S.